The topological polar surface area (TPSA) is 0 Å². The van der Waals surface area contributed by atoms with E-state index in [9.17, 15) is 110 Å². The van der Waals surface area contributed by atoms with Gasteiger partial charge in [0.25, 0.3) is 0 Å². The second-order valence-corrected chi connectivity index (χ2v) is 6.26. The van der Waals surface area contributed by atoms with E-state index in [0.29, 0.717) is 0 Å². The van der Waals surface area contributed by atoms with Crippen molar-refractivity contribution in [2.75, 3.05) is 0 Å². The maximum absolute atomic E-state index is 12.6. The van der Waals surface area contributed by atoms with Gasteiger partial charge in [0.15, 0.2) is 6.17 Å². The van der Waals surface area contributed by atoms with Gasteiger partial charge in [-0.1, -0.05) is 0 Å². The molecule has 0 fully saturated rings. The van der Waals surface area contributed by atoms with E-state index in [2.05, 4.69) is 0 Å². The van der Waals surface area contributed by atoms with E-state index in [1.807, 2.05) is 0 Å². The molecule has 0 aromatic rings. The molecule has 0 rings (SSSR count). The summed E-state index contributed by atoms with van der Waals surface area (Å²) in [6.45, 7) is 0. The summed E-state index contributed by atoms with van der Waals surface area (Å²) in [6.07, 6.45) is -52.8. The van der Waals surface area contributed by atoms with E-state index in [1.54, 1.807) is 0 Å². The van der Waals surface area contributed by atoms with Crippen molar-refractivity contribution in [2.24, 2.45) is 5.92 Å². The molecule has 0 radical (unpaired) electrons. The predicted molar refractivity (Wildman–Crippen MR) is 63.3 cm³/mol. The van der Waals surface area contributed by atoms with Crippen LogP contribution in [0.15, 0.2) is 0 Å². The Balaban J connectivity index is 0. The molecule has 0 amide bonds. The standard InChI is InChI=1S/C6HF13.C6H2F12/c7-2(8,5(15,16)6(17,18)19)1(3(9,10)11)4(12,13)14;7-1(2(8)4(10,11)12)3(9,5(13,14)15)6(16,17)18/h1H;1-2H. The third kappa shape index (κ3) is 7.65. The van der Waals surface area contributed by atoms with E-state index in [4.69, 9.17) is 0 Å². The molecule has 0 aliphatic rings. The summed E-state index contributed by atoms with van der Waals surface area (Å²) >= 11 is 0. The van der Waals surface area contributed by atoms with Crippen LogP contribution in [0.5, 0.6) is 0 Å². The smallest absolute Gasteiger partial charge is 0.240 e. The van der Waals surface area contributed by atoms with Gasteiger partial charge in [-0.2, -0.15) is 96.6 Å². The van der Waals surface area contributed by atoms with Crippen LogP contribution < -0.4 is 0 Å². The van der Waals surface area contributed by atoms with Crippen molar-refractivity contribution in [3.05, 3.63) is 0 Å². The van der Waals surface area contributed by atoms with Crippen LogP contribution in [0.4, 0.5) is 110 Å². The Morgan fingerprint density at radius 1 is 0.324 bits per heavy atom. The normalized spacial score (nSPS) is 17.4. The second kappa shape index (κ2) is 10.1. The van der Waals surface area contributed by atoms with Crippen LogP contribution in [0.2, 0.25) is 0 Å². The SMILES string of the molecule is FC(C(F)C(F)(C(F)(F)F)C(F)(F)F)C(F)(F)F.FC(F)(F)C(C(F)(F)F)C(F)(F)C(F)(F)C(F)(F)F. The van der Waals surface area contributed by atoms with Gasteiger partial charge in [0.1, 0.15) is 0 Å². The van der Waals surface area contributed by atoms with E-state index in [-0.39, 0.29) is 0 Å². The van der Waals surface area contributed by atoms with Crippen molar-refractivity contribution in [2.45, 2.75) is 66.9 Å². The van der Waals surface area contributed by atoms with Crippen LogP contribution in [0, 0.1) is 5.92 Å². The molecule has 0 heterocycles. The molecule has 2 unspecified atom stereocenters. The molecule has 0 aromatic carbocycles. The van der Waals surface area contributed by atoms with Crippen LogP contribution >= 0.6 is 0 Å². The van der Waals surface area contributed by atoms with E-state index in [0.717, 1.165) is 0 Å². The molecule has 0 aromatic heterocycles. The largest absolute Gasteiger partial charge is 0.459 e. The average molecular weight is 622 g/mol. The zero-order valence-corrected chi connectivity index (χ0v) is 15.7. The summed E-state index contributed by atoms with van der Waals surface area (Å²) in [6, 6.07) is 0. The average Bonchev–Trinajstić information content (AvgIpc) is 2.52. The first kappa shape index (κ1) is 37.4. The van der Waals surface area contributed by atoms with Crippen molar-refractivity contribution in [3.63, 3.8) is 0 Å². The summed E-state index contributed by atoms with van der Waals surface area (Å²) in [4.78, 5) is 0. The molecule has 0 N–H and O–H groups in total. The summed E-state index contributed by atoms with van der Waals surface area (Å²) < 4.78 is 296. The molecule has 0 nitrogen and oxygen atoms in total. The van der Waals surface area contributed by atoms with Gasteiger partial charge in [0.2, 0.25) is 12.1 Å². The van der Waals surface area contributed by atoms with Gasteiger partial charge in [-0.15, -0.1) is 0 Å². The molecular formula is C12H3F25. The minimum atomic E-state index is -7.50. The first-order chi connectivity index (χ1) is 15.4. The maximum atomic E-state index is 12.6. The van der Waals surface area contributed by atoms with Crippen LogP contribution in [0.1, 0.15) is 0 Å². The lowest BCUT2D eigenvalue weighted by atomic mass is 9.94. The highest BCUT2D eigenvalue weighted by Crippen LogP contribution is 2.58. The van der Waals surface area contributed by atoms with Crippen molar-refractivity contribution < 1.29 is 110 Å². The highest BCUT2D eigenvalue weighted by atomic mass is 19.5. The van der Waals surface area contributed by atoms with Crippen LogP contribution in [0.3, 0.4) is 0 Å². The minimum absolute atomic E-state index is 5.27. The zero-order chi connectivity index (χ0) is 31.2. The maximum Gasteiger partial charge on any atom is 0.459 e. The highest BCUT2D eigenvalue weighted by molar-refractivity contribution is 5.04. The number of rotatable bonds is 4. The third-order valence-corrected chi connectivity index (χ3v) is 3.57. The molecule has 2 atom stereocenters. The minimum Gasteiger partial charge on any atom is -0.240 e. The van der Waals surface area contributed by atoms with Crippen molar-refractivity contribution >= 4 is 0 Å². The lowest BCUT2D eigenvalue weighted by molar-refractivity contribution is -0.419. The predicted octanol–water partition coefficient (Wildman–Crippen LogP) is 8.62. The first-order valence-corrected chi connectivity index (χ1v) is 7.56. The van der Waals surface area contributed by atoms with Crippen LogP contribution in [0.25, 0.3) is 0 Å². The fourth-order valence-corrected chi connectivity index (χ4v) is 1.81. The van der Waals surface area contributed by atoms with Gasteiger partial charge in [-0.25, -0.2) is 13.2 Å². The number of alkyl halides is 25. The quantitative estimate of drug-likeness (QED) is 0.276. The number of hydrogen-bond acceptors (Lipinski definition) is 0. The van der Waals surface area contributed by atoms with Gasteiger partial charge in [0.05, 0.1) is 0 Å². The molecule has 0 aliphatic heterocycles. The molecule has 37 heavy (non-hydrogen) atoms. The first-order valence-electron chi connectivity index (χ1n) is 7.56. The monoisotopic (exact) mass is 622 g/mol. The second-order valence-electron chi connectivity index (χ2n) is 6.26. The van der Waals surface area contributed by atoms with Gasteiger partial charge in [-0.05, 0) is 0 Å². The molecule has 0 aliphatic carbocycles. The van der Waals surface area contributed by atoms with E-state index >= 15 is 0 Å². The van der Waals surface area contributed by atoms with E-state index in [1.165, 1.54) is 0 Å². The molecular weight excluding hydrogens is 619 g/mol. The van der Waals surface area contributed by atoms with Crippen LogP contribution in [-0.4, -0.2) is 66.9 Å². The lowest BCUT2D eigenvalue weighted by Gasteiger charge is -2.35. The Kier molecular flexibility index (Phi) is 10.2. The summed E-state index contributed by atoms with van der Waals surface area (Å²) in [5.41, 5.74) is -6.95. The van der Waals surface area contributed by atoms with Gasteiger partial charge in [-0.3, -0.25) is 0 Å². The Labute approximate surface area is 184 Å². The molecule has 226 valence electrons. The molecule has 0 saturated carbocycles. The fourth-order valence-electron chi connectivity index (χ4n) is 1.81. The van der Waals surface area contributed by atoms with Crippen molar-refractivity contribution in [1.82, 2.24) is 0 Å². The van der Waals surface area contributed by atoms with Gasteiger partial charge in [0, 0.05) is 0 Å². The lowest BCUT2D eigenvalue weighted by Crippen LogP contribution is -2.63. The Hall–Kier alpha value is -1.75. The Morgan fingerprint density at radius 2 is 0.595 bits per heavy atom. The fraction of sp³-hybridized carbons (Fsp3) is 1.00. The zero-order valence-electron chi connectivity index (χ0n) is 15.7. The van der Waals surface area contributed by atoms with Crippen LogP contribution in [-0.2, 0) is 0 Å². The number of halogens is 25. The molecule has 0 bridgehead atoms. The van der Waals surface area contributed by atoms with Crippen molar-refractivity contribution in [1.29, 1.82) is 0 Å². The van der Waals surface area contributed by atoms with Gasteiger partial charge >= 0.3 is 54.6 Å². The summed E-state index contributed by atoms with van der Waals surface area (Å²) in [5, 5.41) is 0. The number of hydrogen-bond donors (Lipinski definition) is 0. The molecule has 0 spiro atoms. The molecule has 0 saturated heterocycles. The van der Waals surface area contributed by atoms with Gasteiger partial charge < -0.3 is 0 Å². The third-order valence-electron chi connectivity index (χ3n) is 3.57. The highest BCUT2D eigenvalue weighted by Gasteiger charge is 2.84. The Morgan fingerprint density at radius 3 is 0.757 bits per heavy atom. The van der Waals surface area contributed by atoms with E-state index < -0.39 is 72.8 Å². The van der Waals surface area contributed by atoms with Crippen molar-refractivity contribution in [3.8, 4) is 0 Å². The Bertz CT molecular complexity index is 692. The summed E-state index contributed by atoms with van der Waals surface area (Å²) in [5.74, 6) is -21.1. The summed E-state index contributed by atoms with van der Waals surface area (Å²) in [7, 11) is 0. The molecule has 25 heteroatoms.